The zero-order valence-electron chi connectivity index (χ0n) is 11.7. The number of benzene rings is 2. The lowest BCUT2D eigenvalue weighted by molar-refractivity contribution is -0.113. The molecule has 2 aromatic carbocycles. The Balaban J connectivity index is 2.39. The molecule has 0 saturated carbocycles. The van der Waals surface area contributed by atoms with Gasteiger partial charge in [0.2, 0.25) is 5.91 Å². The Morgan fingerprint density at radius 1 is 1.19 bits per heavy atom. The lowest BCUT2D eigenvalue weighted by Gasteiger charge is -2.19. The second-order valence-electron chi connectivity index (χ2n) is 4.70. The number of nitrogens with zero attached hydrogens (tertiary/aromatic N) is 1. The predicted molar refractivity (Wildman–Crippen MR) is 82.2 cm³/mol. The summed E-state index contributed by atoms with van der Waals surface area (Å²) in [6, 6.07) is 13.7. The molecule has 0 aromatic heterocycles. The highest BCUT2D eigenvalue weighted by Gasteiger charge is 2.15. The van der Waals surface area contributed by atoms with Crippen LogP contribution in [0.25, 0.3) is 0 Å². The number of rotatable bonds is 4. The molecule has 0 unspecified atom stereocenters. The summed E-state index contributed by atoms with van der Waals surface area (Å²) in [5, 5.41) is 20.2. The third-order valence-corrected chi connectivity index (χ3v) is 3.25. The molecule has 0 spiro atoms. The summed E-state index contributed by atoms with van der Waals surface area (Å²) in [6.07, 6.45) is 0.321. The smallest absolute Gasteiger partial charge is 0.250 e. The maximum atomic E-state index is 11.6. The summed E-state index contributed by atoms with van der Waals surface area (Å²) in [5.41, 5.74) is 1.72. The number of phenols is 1. The molecular formula is C17H17NO3. The van der Waals surface area contributed by atoms with Crippen LogP contribution in [0.5, 0.6) is 5.75 Å². The van der Waals surface area contributed by atoms with Gasteiger partial charge in [0, 0.05) is 18.8 Å². The fourth-order valence-electron chi connectivity index (χ4n) is 2.06. The van der Waals surface area contributed by atoms with Crippen molar-refractivity contribution >= 4 is 11.6 Å². The van der Waals surface area contributed by atoms with Crippen molar-refractivity contribution in [2.45, 2.75) is 6.10 Å². The minimum Gasteiger partial charge on any atom is -0.508 e. The van der Waals surface area contributed by atoms with Crippen LogP contribution in [0, 0.1) is 0 Å². The summed E-state index contributed by atoms with van der Waals surface area (Å²) in [7, 11) is 1.58. The Bertz CT molecular complexity index is 652. The van der Waals surface area contributed by atoms with Crippen molar-refractivity contribution in [1.29, 1.82) is 0 Å². The van der Waals surface area contributed by atoms with Crippen LogP contribution in [0.3, 0.4) is 0 Å². The topological polar surface area (TPSA) is 60.8 Å². The number of aromatic hydroxyl groups is 1. The van der Waals surface area contributed by atoms with E-state index in [9.17, 15) is 15.0 Å². The van der Waals surface area contributed by atoms with Gasteiger partial charge in [-0.1, -0.05) is 36.9 Å². The first-order valence-corrected chi connectivity index (χ1v) is 6.50. The fourth-order valence-corrected chi connectivity index (χ4v) is 2.06. The predicted octanol–water partition coefficient (Wildman–Crippen LogP) is 2.62. The number of anilines is 1. The minimum atomic E-state index is -0.871. The van der Waals surface area contributed by atoms with Crippen molar-refractivity contribution < 1.29 is 15.0 Å². The molecule has 1 amide bonds. The molecule has 0 aliphatic rings. The summed E-state index contributed by atoms with van der Waals surface area (Å²) in [4.78, 5) is 13.0. The van der Waals surface area contributed by atoms with Crippen LogP contribution >= 0.6 is 0 Å². The van der Waals surface area contributed by atoms with Crippen molar-refractivity contribution in [3.63, 3.8) is 0 Å². The Labute approximate surface area is 123 Å². The molecule has 1 atom stereocenters. The van der Waals surface area contributed by atoms with Gasteiger partial charge in [0.15, 0.2) is 0 Å². The van der Waals surface area contributed by atoms with Gasteiger partial charge in [-0.15, -0.1) is 0 Å². The van der Waals surface area contributed by atoms with E-state index in [1.54, 1.807) is 25.2 Å². The standard InChI is InChI=1S/C17H17NO3/c1-3-16(20)18(2)14-9-13(10-15(19)11-14)17(21)12-7-5-4-6-8-12/h3-11,17,19,21H,1H2,2H3/t17-/m1/s1. The average Bonchev–Trinajstić information content (AvgIpc) is 2.52. The lowest BCUT2D eigenvalue weighted by atomic mass is 10.0. The molecule has 0 fully saturated rings. The van der Waals surface area contributed by atoms with Crippen molar-refractivity contribution in [1.82, 2.24) is 0 Å². The van der Waals surface area contributed by atoms with Gasteiger partial charge in [-0.05, 0) is 29.3 Å². The highest BCUT2D eigenvalue weighted by atomic mass is 16.3. The van der Waals surface area contributed by atoms with Crippen LogP contribution < -0.4 is 4.90 Å². The minimum absolute atomic E-state index is 0.0128. The van der Waals surface area contributed by atoms with Crippen LogP contribution in [-0.2, 0) is 4.79 Å². The molecule has 0 aliphatic carbocycles. The summed E-state index contributed by atoms with van der Waals surface area (Å²) >= 11 is 0. The number of hydrogen-bond acceptors (Lipinski definition) is 3. The van der Waals surface area contributed by atoms with Crippen molar-refractivity contribution in [2.75, 3.05) is 11.9 Å². The molecule has 0 radical (unpaired) electrons. The molecule has 2 aromatic rings. The molecule has 0 heterocycles. The molecule has 0 aliphatic heterocycles. The van der Waals surface area contributed by atoms with Gasteiger partial charge in [0.25, 0.3) is 0 Å². The molecule has 0 saturated heterocycles. The van der Waals surface area contributed by atoms with E-state index < -0.39 is 6.10 Å². The van der Waals surface area contributed by atoms with Gasteiger partial charge in [-0.2, -0.15) is 0 Å². The zero-order valence-corrected chi connectivity index (χ0v) is 11.7. The van der Waals surface area contributed by atoms with E-state index in [0.717, 1.165) is 0 Å². The summed E-state index contributed by atoms with van der Waals surface area (Å²) < 4.78 is 0. The highest BCUT2D eigenvalue weighted by Crippen LogP contribution is 2.29. The average molecular weight is 283 g/mol. The van der Waals surface area contributed by atoms with E-state index in [0.29, 0.717) is 16.8 Å². The van der Waals surface area contributed by atoms with Gasteiger partial charge >= 0.3 is 0 Å². The molecule has 21 heavy (non-hydrogen) atoms. The third-order valence-electron chi connectivity index (χ3n) is 3.25. The molecule has 2 rings (SSSR count). The van der Waals surface area contributed by atoms with Gasteiger partial charge < -0.3 is 15.1 Å². The Morgan fingerprint density at radius 2 is 1.86 bits per heavy atom. The van der Waals surface area contributed by atoms with Gasteiger partial charge in [0.1, 0.15) is 11.9 Å². The number of aliphatic hydroxyl groups excluding tert-OH is 1. The molecule has 2 N–H and O–H groups in total. The summed E-state index contributed by atoms with van der Waals surface area (Å²) in [5.74, 6) is -0.304. The quantitative estimate of drug-likeness (QED) is 0.848. The van der Waals surface area contributed by atoms with Crippen molar-refractivity contribution in [3.8, 4) is 5.75 Å². The third kappa shape index (κ3) is 3.30. The van der Waals surface area contributed by atoms with Crippen molar-refractivity contribution in [3.05, 3.63) is 72.3 Å². The number of likely N-dealkylation sites (N-methyl/N-ethyl adjacent to an activating group) is 1. The Morgan fingerprint density at radius 3 is 2.48 bits per heavy atom. The van der Waals surface area contributed by atoms with Crippen LogP contribution in [-0.4, -0.2) is 23.2 Å². The van der Waals surface area contributed by atoms with Gasteiger partial charge in [-0.25, -0.2) is 0 Å². The van der Waals surface area contributed by atoms with E-state index in [1.165, 1.54) is 23.1 Å². The number of amides is 1. The summed E-state index contributed by atoms with van der Waals surface area (Å²) in [6.45, 7) is 3.43. The highest BCUT2D eigenvalue weighted by molar-refractivity contribution is 6.00. The van der Waals surface area contributed by atoms with Crippen LogP contribution in [0.2, 0.25) is 0 Å². The number of carbonyl (C=O) groups is 1. The number of carbonyl (C=O) groups excluding carboxylic acids is 1. The molecule has 4 heteroatoms. The largest absolute Gasteiger partial charge is 0.508 e. The van der Waals surface area contributed by atoms with E-state index in [4.69, 9.17) is 0 Å². The first-order valence-electron chi connectivity index (χ1n) is 6.50. The number of hydrogen-bond donors (Lipinski definition) is 2. The van der Waals surface area contributed by atoms with E-state index >= 15 is 0 Å². The van der Waals surface area contributed by atoms with Crippen molar-refractivity contribution in [2.24, 2.45) is 0 Å². The molecule has 108 valence electrons. The second-order valence-corrected chi connectivity index (χ2v) is 4.70. The normalized spacial score (nSPS) is 11.7. The van der Waals surface area contributed by atoms with Gasteiger partial charge in [-0.3, -0.25) is 4.79 Å². The Hall–Kier alpha value is -2.59. The SMILES string of the molecule is C=CC(=O)N(C)c1cc(O)cc([C@H](O)c2ccccc2)c1. The Kier molecular flexibility index (Phi) is 4.40. The lowest BCUT2D eigenvalue weighted by Crippen LogP contribution is -2.23. The van der Waals surface area contributed by atoms with E-state index in [-0.39, 0.29) is 11.7 Å². The fraction of sp³-hybridized carbons (Fsp3) is 0.118. The van der Waals surface area contributed by atoms with Gasteiger partial charge in [0.05, 0.1) is 0 Å². The van der Waals surface area contributed by atoms with E-state index in [1.807, 2.05) is 18.2 Å². The maximum Gasteiger partial charge on any atom is 0.250 e. The first kappa shape index (κ1) is 14.8. The molecular weight excluding hydrogens is 266 g/mol. The second kappa shape index (κ2) is 6.24. The molecule has 4 nitrogen and oxygen atoms in total. The van der Waals surface area contributed by atoms with Crippen LogP contribution in [0.4, 0.5) is 5.69 Å². The zero-order chi connectivity index (χ0) is 15.4. The van der Waals surface area contributed by atoms with Crippen LogP contribution in [0.15, 0.2) is 61.2 Å². The molecule has 0 bridgehead atoms. The maximum absolute atomic E-state index is 11.6. The number of aliphatic hydroxyl groups is 1. The monoisotopic (exact) mass is 283 g/mol. The van der Waals surface area contributed by atoms with E-state index in [2.05, 4.69) is 6.58 Å². The number of phenolic OH excluding ortho intramolecular Hbond substituents is 1. The first-order chi connectivity index (χ1) is 10.0. The van der Waals surface area contributed by atoms with Crippen LogP contribution in [0.1, 0.15) is 17.2 Å².